The quantitative estimate of drug-likeness (QED) is 0.347. The second-order valence-corrected chi connectivity index (χ2v) is 4.97. The Kier molecular flexibility index (Phi) is 7.34. The van der Waals surface area contributed by atoms with Gasteiger partial charge in [-0.15, -0.1) is 16.5 Å². The van der Waals surface area contributed by atoms with Gasteiger partial charge in [0.05, 0.1) is 0 Å². The highest BCUT2D eigenvalue weighted by atomic mass is 33.1. The van der Waals surface area contributed by atoms with E-state index in [-0.39, 0.29) is 0 Å². The lowest BCUT2D eigenvalue weighted by molar-refractivity contribution is 0.766. The van der Waals surface area contributed by atoms with Crippen LogP contribution in [0.15, 0.2) is 0 Å². The Morgan fingerprint density at radius 3 is 2.44 bits per heavy atom. The first-order chi connectivity index (χ1) is 4.27. The average Bonchev–Trinajstić information content (AvgIpc) is 1.80. The zero-order valence-corrected chi connectivity index (χ0v) is 8.02. The van der Waals surface area contributed by atoms with E-state index in [0.29, 0.717) is 0 Å². The fourth-order valence-electron chi connectivity index (χ4n) is 0.363. The van der Waals surface area contributed by atoms with Crippen molar-refractivity contribution in [3.8, 4) is 0 Å². The molecule has 0 fully saturated rings. The molecular formula is C7H15S2-. The van der Waals surface area contributed by atoms with Crippen molar-refractivity contribution in [3.63, 3.8) is 0 Å². The van der Waals surface area contributed by atoms with Crippen molar-refractivity contribution in [2.24, 2.45) is 5.92 Å². The van der Waals surface area contributed by atoms with Crippen LogP contribution in [0, 0.1) is 12.3 Å². The van der Waals surface area contributed by atoms with Crippen molar-refractivity contribution in [1.29, 1.82) is 0 Å². The normalized spacial score (nSPS) is 10.7. The molecule has 9 heavy (non-hydrogen) atoms. The van der Waals surface area contributed by atoms with Crippen LogP contribution in [0.5, 0.6) is 0 Å². The molecule has 0 nitrogen and oxygen atoms in total. The van der Waals surface area contributed by atoms with E-state index in [4.69, 9.17) is 0 Å². The minimum absolute atomic E-state index is 0.745. The van der Waals surface area contributed by atoms with E-state index in [1.807, 2.05) is 21.6 Å². The van der Waals surface area contributed by atoms with Crippen LogP contribution in [0.4, 0.5) is 0 Å². The molecule has 0 aromatic heterocycles. The van der Waals surface area contributed by atoms with E-state index in [1.165, 1.54) is 11.5 Å². The van der Waals surface area contributed by atoms with Gasteiger partial charge < -0.3 is 6.42 Å². The van der Waals surface area contributed by atoms with Gasteiger partial charge in [-0.25, -0.2) is 0 Å². The van der Waals surface area contributed by atoms with Crippen LogP contribution in [0.1, 0.15) is 20.8 Å². The first-order valence-electron chi connectivity index (χ1n) is 3.35. The van der Waals surface area contributed by atoms with Gasteiger partial charge in [0.15, 0.2) is 0 Å². The SMILES string of the molecule is CCSSC[CH-]C(C)C. The van der Waals surface area contributed by atoms with Crippen molar-refractivity contribution in [2.75, 3.05) is 11.5 Å². The number of hydrogen-bond acceptors (Lipinski definition) is 2. The molecule has 2 heteroatoms. The summed E-state index contributed by atoms with van der Waals surface area (Å²) in [5.74, 6) is 3.15. The first-order valence-corrected chi connectivity index (χ1v) is 5.84. The lowest BCUT2D eigenvalue weighted by Gasteiger charge is -2.13. The van der Waals surface area contributed by atoms with Crippen LogP contribution in [0.3, 0.4) is 0 Å². The van der Waals surface area contributed by atoms with Gasteiger partial charge in [-0.3, -0.25) is 0 Å². The molecule has 0 amide bonds. The highest BCUT2D eigenvalue weighted by Crippen LogP contribution is 2.21. The zero-order chi connectivity index (χ0) is 7.11. The molecule has 0 aliphatic heterocycles. The highest BCUT2D eigenvalue weighted by Gasteiger charge is 1.81. The Balaban J connectivity index is 2.75. The van der Waals surface area contributed by atoms with Crippen molar-refractivity contribution < 1.29 is 0 Å². The molecule has 0 atom stereocenters. The molecular weight excluding hydrogens is 148 g/mol. The fourth-order valence-corrected chi connectivity index (χ4v) is 2.11. The Labute approximate surface area is 66.6 Å². The summed E-state index contributed by atoms with van der Waals surface area (Å²) in [7, 11) is 3.88. The Bertz CT molecular complexity index is 52.9. The third-order valence-electron chi connectivity index (χ3n) is 0.837. The van der Waals surface area contributed by atoms with Crippen LogP contribution >= 0.6 is 21.6 Å². The largest absolute Gasteiger partial charge is 0.316 e. The van der Waals surface area contributed by atoms with Crippen molar-refractivity contribution >= 4 is 21.6 Å². The fraction of sp³-hybridized carbons (Fsp3) is 0.857. The summed E-state index contributed by atoms with van der Waals surface area (Å²) < 4.78 is 0. The topological polar surface area (TPSA) is 0 Å². The number of rotatable bonds is 5. The Morgan fingerprint density at radius 2 is 2.00 bits per heavy atom. The molecule has 0 saturated carbocycles. The average molecular weight is 163 g/mol. The minimum atomic E-state index is 0.745. The van der Waals surface area contributed by atoms with Crippen molar-refractivity contribution in [1.82, 2.24) is 0 Å². The summed E-state index contributed by atoms with van der Waals surface area (Å²) in [6.07, 6.45) is 2.34. The van der Waals surface area contributed by atoms with E-state index >= 15 is 0 Å². The predicted octanol–water partition coefficient (Wildman–Crippen LogP) is 3.25. The third kappa shape index (κ3) is 8.70. The lowest BCUT2D eigenvalue weighted by atomic mass is 10.2. The second-order valence-electron chi connectivity index (χ2n) is 2.17. The van der Waals surface area contributed by atoms with Gasteiger partial charge in [-0.1, -0.05) is 31.6 Å². The van der Waals surface area contributed by atoms with E-state index in [0.717, 1.165) is 5.92 Å². The molecule has 0 saturated heterocycles. The molecule has 0 aliphatic carbocycles. The van der Waals surface area contributed by atoms with E-state index in [9.17, 15) is 0 Å². The first kappa shape index (κ1) is 9.70. The van der Waals surface area contributed by atoms with Gasteiger partial charge >= 0.3 is 0 Å². The molecule has 0 bridgehead atoms. The Hall–Kier alpha value is 0.700. The monoisotopic (exact) mass is 163 g/mol. The van der Waals surface area contributed by atoms with E-state index in [1.54, 1.807) is 0 Å². The number of hydrogen-bond donors (Lipinski definition) is 0. The predicted molar refractivity (Wildman–Crippen MR) is 49.7 cm³/mol. The summed E-state index contributed by atoms with van der Waals surface area (Å²) in [6.45, 7) is 6.63. The maximum absolute atomic E-state index is 2.34. The van der Waals surface area contributed by atoms with Gasteiger partial charge in [0.2, 0.25) is 0 Å². The summed E-state index contributed by atoms with van der Waals surface area (Å²) in [4.78, 5) is 0. The van der Waals surface area contributed by atoms with Crippen LogP contribution in [0.25, 0.3) is 0 Å². The van der Waals surface area contributed by atoms with Crippen molar-refractivity contribution in [3.05, 3.63) is 6.42 Å². The standard InChI is InChI=1S/C7H15S2/c1-4-8-9-6-5-7(2)3/h5,7H,4,6H2,1-3H3/q-1. The van der Waals surface area contributed by atoms with E-state index in [2.05, 4.69) is 27.2 Å². The van der Waals surface area contributed by atoms with Gasteiger partial charge in [0.1, 0.15) is 0 Å². The van der Waals surface area contributed by atoms with Crippen molar-refractivity contribution in [2.45, 2.75) is 20.8 Å². The molecule has 0 aliphatic rings. The Morgan fingerprint density at radius 1 is 1.33 bits per heavy atom. The third-order valence-corrected chi connectivity index (χ3v) is 3.18. The van der Waals surface area contributed by atoms with Gasteiger partial charge in [0, 0.05) is 5.75 Å². The smallest absolute Gasteiger partial charge is 0.000753 e. The minimum Gasteiger partial charge on any atom is -0.316 e. The molecule has 0 radical (unpaired) electrons. The molecule has 0 rings (SSSR count). The van der Waals surface area contributed by atoms with Crippen LogP contribution < -0.4 is 0 Å². The highest BCUT2D eigenvalue weighted by molar-refractivity contribution is 8.76. The molecule has 0 aromatic carbocycles. The molecule has 56 valence electrons. The van der Waals surface area contributed by atoms with Crippen LogP contribution in [-0.4, -0.2) is 11.5 Å². The van der Waals surface area contributed by atoms with Gasteiger partial charge in [-0.05, 0) is 0 Å². The van der Waals surface area contributed by atoms with Crippen LogP contribution in [0.2, 0.25) is 0 Å². The maximum atomic E-state index is 2.34. The van der Waals surface area contributed by atoms with E-state index < -0.39 is 0 Å². The molecule has 0 N–H and O–H groups in total. The summed E-state index contributed by atoms with van der Waals surface area (Å²) in [5, 5.41) is 0. The molecule has 0 spiro atoms. The van der Waals surface area contributed by atoms with Gasteiger partial charge in [-0.2, -0.15) is 5.92 Å². The lowest BCUT2D eigenvalue weighted by Crippen LogP contribution is -1.88. The summed E-state index contributed by atoms with van der Waals surface area (Å²) in [6, 6.07) is 0. The second kappa shape index (κ2) is 6.81. The zero-order valence-electron chi connectivity index (χ0n) is 6.39. The summed E-state index contributed by atoms with van der Waals surface area (Å²) >= 11 is 0. The van der Waals surface area contributed by atoms with Crippen LogP contribution in [-0.2, 0) is 0 Å². The van der Waals surface area contributed by atoms with Gasteiger partial charge in [0.25, 0.3) is 0 Å². The maximum Gasteiger partial charge on any atom is 0.000753 e. The molecule has 0 unspecified atom stereocenters. The summed E-state index contributed by atoms with van der Waals surface area (Å²) in [5.41, 5.74) is 0. The molecule has 0 aromatic rings. The molecule has 0 heterocycles.